The van der Waals surface area contributed by atoms with Gasteiger partial charge in [0.15, 0.2) is 6.29 Å². The van der Waals surface area contributed by atoms with Gasteiger partial charge in [-0.1, -0.05) is 30.3 Å². The van der Waals surface area contributed by atoms with Gasteiger partial charge in [-0.3, -0.25) is 0 Å². The van der Waals surface area contributed by atoms with Gasteiger partial charge in [0.2, 0.25) is 0 Å². The average molecular weight is 240 g/mol. The average Bonchev–Trinajstić information content (AvgIpc) is 2.39. The number of benzene rings is 1. The van der Waals surface area contributed by atoms with Crippen LogP contribution in [0.5, 0.6) is 0 Å². The summed E-state index contributed by atoms with van der Waals surface area (Å²) in [6.45, 7) is -0.384. The van der Waals surface area contributed by atoms with Crippen LogP contribution in [-0.4, -0.2) is 46.8 Å². The monoisotopic (exact) mass is 240 g/mol. The number of hydrogen-bond acceptors (Lipinski definition) is 5. The molecule has 4 atom stereocenters. The van der Waals surface area contributed by atoms with Gasteiger partial charge in [0.05, 0.1) is 13.2 Å². The van der Waals surface area contributed by atoms with E-state index in [0.29, 0.717) is 0 Å². The maximum absolute atomic E-state index is 9.61. The smallest absolute Gasteiger partial charge is 0.184 e. The van der Waals surface area contributed by atoms with E-state index in [1.165, 1.54) is 0 Å². The summed E-state index contributed by atoms with van der Waals surface area (Å²) in [5.41, 5.74) is 0.814. The normalized spacial score (nSPS) is 31.1. The molecule has 1 heterocycles. The van der Waals surface area contributed by atoms with Crippen LogP contribution in [0, 0.1) is 0 Å². The van der Waals surface area contributed by atoms with E-state index in [0.717, 1.165) is 5.56 Å². The van der Waals surface area contributed by atoms with Gasteiger partial charge in [-0.05, 0) is 0 Å². The van der Waals surface area contributed by atoms with E-state index in [4.69, 9.17) is 14.6 Å². The summed E-state index contributed by atoms with van der Waals surface area (Å²) in [5.74, 6) is 0. The second kappa shape index (κ2) is 5.57. The molecule has 1 aliphatic heterocycles. The third-order valence-corrected chi connectivity index (χ3v) is 2.72. The van der Waals surface area contributed by atoms with Crippen molar-refractivity contribution in [3.05, 3.63) is 35.9 Å². The maximum Gasteiger partial charge on any atom is 0.184 e. The van der Waals surface area contributed by atoms with Gasteiger partial charge in [0.1, 0.15) is 18.3 Å². The molecular weight excluding hydrogens is 224 g/mol. The van der Waals surface area contributed by atoms with Crippen molar-refractivity contribution in [2.24, 2.45) is 0 Å². The molecule has 1 fully saturated rings. The zero-order valence-corrected chi connectivity index (χ0v) is 9.27. The lowest BCUT2D eigenvalue weighted by molar-refractivity contribution is -0.277. The van der Waals surface area contributed by atoms with Gasteiger partial charge in [0.25, 0.3) is 0 Å². The molecule has 5 nitrogen and oxygen atoms in total. The van der Waals surface area contributed by atoms with Crippen molar-refractivity contribution in [3.8, 4) is 0 Å². The van der Waals surface area contributed by atoms with Crippen molar-refractivity contribution in [2.45, 2.75) is 24.6 Å². The molecular formula is C12H16O5. The van der Waals surface area contributed by atoms with E-state index in [2.05, 4.69) is 0 Å². The Bertz CT molecular complexity index is 338. The minimum absolute atomic E-state index is 0.0707. The lowest BCUT2D eigenvalue weighted by atomic mass is 10.1. The van der Waals surface area contributed by atoms with E-state index in [1.54, 1.807) is 0 Å². The summed E-state index contributed by atoms with van der Waals surface area (Å²) in [6, 6.07) is 9.26. The highest BCUT2D eigenvalue weighted by Gasteiger charge is 2.35. The van der Waals surface area contributed by atoms with Gasteiger partial charge >= 0.3 is 0 Å². The van der Waals surface area contributed by atoms with Crippen LogP contribution in [0.15, 0.2) is 30.3 Å². The van der Waals surface area contributed by atoms with Crippen molar-refractivity contribution in [1.82, 2.24) is 0 Å². The highest BCUT2D eigenvalue weighted by Crippen LogP contribution is 2.27. The number of rotatable bonds is 3. The molecule has 0 spiro atoms. The quantitative estimate of drug-likeness (QED) is 0.682. The Kier molecular flexibility index (Phi) is 4.09. The molecule has 5 heteroatoms. The summed E-state index contributed by atoms with van der Waals surface area (Å²) in [4.78, 5) is 0. The van der Waals surface area contributed by atoms with E-state index < -0.39 is 31.2 Å². The topological polar surface area (TPSA) is 79.2 Å². The number of aliphatic hydroxyl groups excluding tert-OH is 3. The van der Waals surface area contributed by atoms with E-state index in [9.17, 15) is 10.2 Å². The number of aliphatic hydroxyl groups is 3. The molecule has 0 aromatic heterocycles. The van der Waals surface area contributed by atoms with Crippen LogP contribution in [0.25, 0.3) is 0 Å². The van der Waals surface area contributed by atoms with Crippen LogP contribution >= 0.6 is 0 Å². The van der Waals surface area contributed by atoms with Crippen LogP contribution in [-0.2, 0) is 9.47 Å². The minimum atomic E-state index is -1.11. The van der Waals surface area contributed by atoms with Gasteiger partial charge in [-0.15, -0.1) is 0 Å². The summed E-state index contributed by atoms with van der Waals surface area (Å²) in [6.07, 6.45) is -3.50. The first-order valence-electron chi connectivity index (χ1n) is 5.51. The SMILES string of the molecule is OC[C@@H](O)[C@H]1O[C@H](c2ccccc2)OC[C@H]1O. The summed E-state index contributed by atoms with van der Waals surface area (Å²) in [5, 5.41) is 28.0. The first-order valence-corrected chi connectivity index (χ1v) is 5.51. The molecule has 1 aromatic rings. The Morgan fingerprint density at radius 1 is 1.29 bits per heavy atom. The van der Waals surface area contributed by atoms with Crippen LogP contribution in [0.4, 0.5) is 0 Å². The van der Waals surface area contributed by atoms with Crippen LogP contribution in [0.3, 0.4) is 0 Å². The van der Waals surface area contributed by atoms with Gasteiger partial charge in [-0.2, -0.15) is 0 Å². The van der Waals surface area contributed by atoms with Crippen molar-refractivity contribution in [2.75, 3.05) is 13.2 Å². The van der Waals surface area contributed by atoms with Gasteiger partial charge < -0.3 is 24.8 Å². The molecule has 3 N–H and O–H groups in total. The number of hydrogen-bond donors (Lipinski definition) is 3. The highest BCUT2D eigenvalue weighted by molar-refractivity contribution is 5.16. The molecule has 17 heavy (non-hydrogen) atoms. The molecule has 0 bridgehead atoms. The molecule has 2 rings (SSSR count). The van der Waals surface area contributed by atoms with Crippen molar-refractivity contribution >= 4 is 0 Å². The Hall–Kier alpha value is -0.980. The van der Waals surface area contributed by atoms with Gasteiger partial charge in [-0.25, -0.2) is 0 Å². The van der Waals surface area contributed by atoms with Crippen LogP contribution < -0.4 is 0 Å². The molecule has 0 saturated carbocycles. The predicted octanol–water partition coefficient (Wildman–Crippen LogP) is -0.185. The third kappa shape index (κ3) is 2.83. The second-order valence-corrected chi connectivity index (χ2v) is 3.99. The molecule has 1 aromatic carbocycles. The first kappa shape index (κ1) is 12.5. The third-order valence-electron chi connectivity index (χ3n) is 2.72. The van der Waals surface area contributed by atoms with Crippen LogP contribution in [0.2, 0.25) is 0 Å². The largest absolute Gasteiger partial charge is 0.394 e. The van der Waals surface area contributed by atoms with Crippen LogP contribution in [0.1, 0.15) is 11.9 Å². The Morgan fingerprint density at radius 2 is 2.00 bits per heavy atom. The molecule has 1 saturated heterocycles. The highest BCUT2D eigenvalue weighted by atomic mass is 16.7. The molecule has 0 amide bonds. The molecule has 0 aliphatic carbocycles. The maximum atomic E-state index is 9.61. The zero-order valence-electron chi connectivity index (χ0n) is 9.27. The Labute approximate surface area is 99.2 Å². The van der Waals surface area contributed by atoms with E-state index in [-0.39, 0.29) is 6.61 Å². The van der Waals surface area contributed by atoms with E-state index >= 15 is 0 Å². The fourth-order valence-corrected chi connectivity index (χ4v) is 1.79. The number of ether oxygens (including phenoxy) is 2. The predicted molar refractivity (Wildman–Crippen MR) is 59.1 cm³/mol. The minimum Gasteiger partial charge on any atom is -0.394 e. The van der Waals surface area contributed by atoms with Crippen molar-refractivity contribution in [1.29, 1.82) is 0 Å². The lowest BCUT2D eigenvalue weighted by Crippen LogP contribution is -2.48. The standard InChI is InChI=1S/C12H16O5/c13-6-9(14)11-10(15)7-16-12(17-11)8-4-2-1-3-5-8/h1-5,9-15H,6-7H2/t9-,10-,11-,12-/m1/s1. The Morgan fingerprint density at radius 3 is 2.65 bits per heavy atom. The molecule has 0 radical (unpaired) electrons. The summed E-state index contributed by atoms with van der Waals surface area (Å²) in [7, 11) is 0. The fourth-order valence-electron chi connectivity index (χ4n) is 1.79. The molecule has 1 aliphatic rings. The second-order valence-electron chi connectivity index (χ2n) is 3.99. The van der Waals surface area contributed by atoms with Crippen molar-refractivity contribution in [3.63, 3.8) is 0 Å². The van der Waals surface area contributed by atoms with Crippen molar-refractivity contribution < 1.29 is 24.8 Å². The van der Waals surface area contributed by atoms with Gasteiger partial charge in [0, 0.05) is 5.56 Å². The Balaban J connectivity index is 2.08. The molecule has 94 valence electrons. The summed E-state index contributed by atoms with van der Waals surface area (Å²) < 4.78 is 10.8. The molecule has 0 unspecified atom stereocenters. The van der Waals surface area contributed by atoms with E-state index in [1.807, 2.05) is 30.3 Å². The first-order chi connectivity index (χ1) is 8.22. The lowest BCUT2D eigenvalue weighted by Gasteiger charge is -2.36. The zero-order chi connectivity index (χ0) is 12.3. The summed E-state index contributed by atoms with van der Waals surface area (Å²) >= 11 is 0. The fraction of sp³-hybridized carbons (Fsp3) is 0.500.